The summed E-state index contributed by atoms with van der Waals surface area (Å²) in [7, 11) is 1.21. The molecule has 0 bridgehead atoms. The molecule has 1 atom stereocenters. The summed E-state index contributed by atoms with van der Waals surface area (Å²) in [5, 5.41) is 21.7. The van der Waals surface area contributed by atoms with Gasteiger partial charge in [0.2, 0.25) is 11.5 Å². The van der Waals surface area contributed by atoms with Crippen LogP contribution in [0.15, 0.2) is 53.7 Å². The SMILES string of the molecule is COC(=O)C1(CC(=O)Nc2ccc(C(=N)N)cc2)CC(c2cccc(C(=N)N)c2)=NO1. The van der Waals surface area contributed by atoms with Crippen LogP contribution in [0.5, 0.6) is 0 Å². The van der Waals surface area contributed by atoms with Crippen LogP contribution in [0.2, 0.25) is 0 Å². The molecule has 1 heterocycles. The number of nitrogens with one attached hydrogen (secondary N) is 3. The summed E-state index contributed by atoms with van der Waals surface area (Å²) < 4.78 is 4.87. The van der Waals surface area contributed by atoms with E-state index in [2.05, 4.69) is 10.5 Å². The number of amidine groups is 2. The topological polar surface area (TPSA) is 177 Å². The Bertz CT molecular complexity index is 1080. The average molecular weight is 422 g/mol. The minimum absolute atomic E-state index is 0.0116. The van der Waals surface area contributed by atoms with Gasteiger partial charge in [0.1, 0.15) is 11.7 Å². The second-order valence-corrected chi connectivity index (χ2v) is 7.00. The van der Waals surface area contributed by atoms with E-state index in [1.165, 1.54) is 7.11 Å². The zero-order chi connectivity index (χ0) is 22.6. The van der Waals surface area contributed by atoms with E-state index in [-0.39, 0.29) is 24.5 Å². The summed E-state index contributed by atoms with van der Waals surface area (Å²) in [5.41, 5.74) is 11.9. The van der Waals surface area contributed by atoms with Crippen molar-refractivity contribution in [3.05, 3.63) is 65.2 Å². The van der Waals surface area contributed by atoms with Crippen molar-refractivity contribution in [2.24, 2.45) is 16.6 Å². The molecule has 1 amide bonds. The Hall–Kier alpha value is -4.21. The maximum Gasteiger partial charge on any atom is 0.354 e. The third-order valence-corrected chi connectivity index (χ3v) is 4.77. The summed E-state index contributed by atoms with van der Waals surface area (Å²) in [6, 6.07) is 13.2. The number of nitrogens with zero attached hydrogens (tertiary/aromatic N) is 1. The number of esters is 1. The molecule has 31 heavy (non-hydrogen) atoms. The summed E-state index contributed by atoms with van der Waals surface area (Å²) in [6.07, 6.45) is -0.314. The summed E-state index contributed by atoms with van der Waals surface area (Å²) in [4.78, 5) is 30.6. The second-order valence-electron chi connectivity index (χ2n) is 7.00. The maximum absolute atomic E-state index is 12.6. The van der Waals surface area contributed by atoms with Gasteiger partial charge in [0.15, 0.2) is 0 Å². The van der Waals surface area contributed by atoms with Crippen LogP contribution in [0.25, 0.3) is 0 Å². The number of anilines is 1. The molecule has 0 fully saturated rings. The number of methoxy groups -OCH3 is 1. The molecule has 1 aliphatic rings. The minimum atomic E-state index is -1.61. The molecule has 7 N–H and O–H groups in total. The van der Waals surface area contributed by atoms with E-state index in [0.29, 0.717) is 28.1 Å². The highest BCUT2D eigenvalue weighted by atomic mass is 16.7. The lowest BCUT2D eigenvalue weighted by atomic mass is 9.90. The number of carbonyl (C=O) groups is 2. The van der Waals surface area contributed by atoms with Crippen molar-refractivity contribution < 1.29 is 19.2 Å². The average Bonchev–Trinajstić information content (AvgIpc) is 3.18. The molecular formula is C21H22N6O4. The normalized spacial score (nSPS) is 17.3. The highest BCUT2D eigenvalue weighted by Gasteiger charge is 2.49. The molecule has 0 aliphatic carbocycles. The molecule has 10 nitrogen and oxygen atoms in total. The van der Waals surface area contributed by atoms with Crippen molar-refractivity contribution in [1.29, 1.82) is 10.8 Å². The van der Waals surface area contributed by atoms with Gasteiger partial charge in [-0.3, -0.25) is 15.6 Å². The Morgan fingerprint density at radius 1 is 1.13 bits per heavy atom. The van der Waals surface area contributed by atoms with E-state index in [1.807, 2.05) is 0 Å². The largest absolute Gasteiger partial charge is 0.466 e. The van der Waals surface area contributed by atoms with Gasteiger partial charge in [-0.2, -0.15) is 0 Å². The van der Waals surface area contributed by atoms with Crippen LogP contribution in [0.4, 0.5) is 5.69 Å². The Kier molecular flexibility index (Phi) is 6.00. The number of benzene rings is 2. The summed E-state index contributed by atoms with van der Waals surface area (Å²) >= 11 is 0. The highest BCUT2D eigenvalue weighted by Crippen LogP contribution is 2.32. The fourth-order valence-corrected chi connectivity index (χ4v) is 3.16. The first kappa shape index (κ1) is 21.5. The first-order chi connectivity index (χ1) is 14.7. The first-order valence-corrected chi connectivity index (χ1v) is 9.27. The van der Waals surface area contributed by atoms with Gasteiger partial charge in [0.05, 0.1) is 19.2 Å². The van der Waals surface area contributed by atoms with Gasteiger partial charge in [-0.1, -0.05) is 23.4 Å². The van der Waals surface area contributed by atoms with Gasteiger partial charge in [-0.25, -0.2) is 4.79 Å². The van der Waals surface area contributed by atoms with Gasteiger partial charge in [0.25, 0.3) is 0 Å². The molecule has 2 aromatic carbocycles. The quantitative estimate of drug-likeness (QED) is 0.255. The van der Waals surface area contributed by atoms with E-state index in [0.717, 1.165) is 0 Å². The van der Waals surface area contributed by atoms with Crippen LogP contribution in [-0.2, 0) is 19.2 Å². The number of rotatable bonds is 7. The first-order valence-electron chi connectivity index (χ1n) is 9.27. The smallest absolute Gasteiger partial charge is 0.354 e. The molecule has 0 aromatic heterocycles. The van der Waals surface area contributed by atoms with Crippen LogP contribution in [0.1, 0.15) is 29.5 Å². The predicted octanol–water partition coefficient (Wildman–Crippen LogP) is 1.32. The third-order valence-electron chi connectivity index (χ3n) is 4.77. The Morgan fingerprint density at radius 3 is 2.42 bits per heavy atom. The number of hydrogen-bond donors (Lipinski definition) is 5. The molecule has 10 heteroatoms. The molecule has 160 valence electrons. The van der Waals surface area contributed by atoms with E-state index < -0.39 is 17.5 Å². The molecule has 0 radical (unpaired) electrons. The van der Waals surface area contributed by atoms with Crippen molar-refractivity contribution in [2.45, 2.75) is 18.4 Å². The molecule has 0 saturated carbocycles. The minimum Gasteiger partial charge on any atom is -0.466 e. The second kappa shape index (κ2) is 8.66. The zero-order valence-corrected chi connectivity index (χ0v) is 16.8. The molecular weight excluding hydrogens is 400 g/mol. The molecule has 1 aliphatic heterocycles. The number of carbonyl (C=O) groups excluding carboxylic acids is 2. The van der Waals surface area contributed by atoms with Crippen molar-refractivity contribution in [2.75, 3.05) is 12.4 Å². The number of hydrogen-bond acceptors (Lipinski definition) is 7. The molecule has 0 saturated heterocycles. The van der Waals surface area contributed by atoms with Crippen LogP contribution in [0, 0.1) is 10.8 Å². The van der Waals surface area contributed by atoms with Crippen LogP contribution in [-0.4, -0.2) is 42.0 Å². The van der Waals surface area contributed by atoms with E-state index >= 15 is 0 Å². The molecule has 2 aromatic rings. The Labute approximate surface area is 178 Å². The molecule has 0 spiro atoms. The number of amides is 1. The van der Waals surface area contributed by atoms with Crippen LogP contribution >= 0.6 is 0 Å². The van der Waals surface area contributed by atoms with Gasteiger partial charge in [-0.15, -0.1) is 0 Å². The maximum atomic E-state index is 12.6. The predicted molar refractivity (Wildman–Crippen MR) is 115 cm³/mol. The number of ether oxygens (including phenoxy) is 1. The Morgan fingerprint density at radius 2 is 1.81 bits per heavy atom. The number of nitrogen functional groups attached to an aromatic ring is 2. The number of nitrogens with two attached hydrogens (primary N) is 2. The van der Waals surface area contributed by atoms with Crippen molar-refractivity contribution in [1.82, 2.24) is 0 Å². The standard InChI is InChI=1S/C21H22N6O4/c1-30-20(29)21(11-17(28)26-15-7-5-12(6-8-15)18(22)23)10-16(27-31-21)13-3-2-4-14(9-13)19(24)25/h2-9H,10-11H2,1H3,(H3,22,23)(H3,24,25)(H,26,28). The van der Waals surface area contributed by atoms with E-state index in [4.69, 9.17) is 31.9 Å². The van der Waals surface area contributed by atoms with Crippen molar-refractivity contribution in [3.8, 4) is 0 Å². The fraction of sp³-hybridized carbons (Fsp3) is 0.190. The third kappa shape index (κ3) is 4.69. The lowest BCUT2D eigenvalue weighted by Gasteiger charge is -2.23. The summed E-state index contributed by atoms with van der Waals surface area (Å²) in [6.45, 7) is 0. The highest BCUT2D eigenvalue weighted by molar-refractivity contribution is 6.08. The van der Waals surface area contributed by atoms with Gasteiger partial charge in [0, 0.05) is 28.8 Å². The van der Waals surface area contributed by atoms with Gasteiger partial charge in [-0.05, 0) is 30.3 Å². The molecule has 3 rings (SSSR count). The summed E-state index contributed by atoms with van der Waals surface area (Å²) in [5.74, 6) is -1.39. The number of oxime groups is 1. The fourth-order valence-electron chi connectivity index (χ4n) is 3.16. The van der Waals surface area contributed by atoms with Crippen LogP contribution < -0.4 is 16.8 Å². The van der Waals surface area contributed by atoms with Crippen molar-refractivity contribution >= 4 is 34.9 Å². The van der Waals surface area contributed by atoms with E-state index in [1.54, 1.807) is 48.5 Å². The van der Waals surface area contributed by atoms with Crippen LogP contribution in [0.3, 0.4) is 0 Å². The van der Waals surface area contributed by atoms with E-state index in [9.17, 15) is 9.59 Å². The lowest BCUT2D eigenvalue weighted by molar-refractivity contribution is -0.168. The monoisotopic (exact) mass is 422 g/mol. The van der Waals surface area contributed by atoms with Gasteiger partial charge >= 0.3 is 5.97 Å². The zero-order valence-electron chi connectivity index (χ0n) is 16.8. The Balaban J connectivity index is 1.76. The molecule has 1 unspecified atom stereocenters. The van der Waals surface area contributed by atoms with Gasteiger partial charge < -0.3 is 26.4 Å². The lowest BCUT2D eigenvalue weighted by Crippen LogP contribution is -2.43. The van der Waals surface area contributed by atoms with Crippen molar-refractivity contribution in [3.63, 3.8) is 0 Å².